The van der Waals surface area contributed by atoms with Crippen LogP contribution in [0, 0.1) is 11.2 Å². The van der Waals surface area contributed by atoms with Crippen LogP contribution in [-0.2, 0) is 16.0 Å². The van der Waals surface area contributed by atoms with Crippen molar-refractivity contribution < 1.29 is 24.2 Å². The van der Waals surface area contributed by atoms with Gasteiger partial charge in [0.25, 0.3) is 0 Å². The minimum atomic E-state index is -1.34. The first-order valence-corrected chi connectivity index (χ1v) is 7.09. The van der Waals surface area contributed by atoms with Crippen LogP contribution >= 0.6 is 0 Å². The quantitative estimate of drug-likeness (QED) is 0.663. The van der Waals surface area contributed by atoms with Gasteiger partial charge in [-0.05, 0) is 17.7 Å². The number of benzene rings is 1. The monoisotopic (exact) mass is 311 g/mol. The normalized spacial score (nSPS) is 12.8. The lowest BCUT2D eigenvalue weighted by atomic mass is 9.87. The molecule has 0 bridgehead atoms. The molecule has 0 aliphatic heterocycles. The second-order valence-electron chi connectivity index (χ2n) is 5.93. The van der Waals surface area contributed by atoms with Crippen LogP contribution in [-0.4, -0.2) is 41.2 Å². The lowest BCUT2D eigenvalue weighted by Gasteiger charge is -2.27. The summed E-state index contributed by atoms with van der Waals surface area (Å²) in [5.74, 6) is -1.07. The van der Waals surface area contributed by atoms with Gasteiger partial charge in [-0.2, -0.15) is 0 Å². The second kappa shape index (κ2) is 8.00. The Morgan fingerprint density at radius 1 is 1.27 bits per heavy atom. The molecule has 1 amide bonds. The maximum absolute atomic E-state index is 12.7. The molecule has 6 heteroatoms. The molecule has 0 heterocycles. The van der Waals surface area contributed by atoms with Crippen molar-refractivity contribution in [1.29, 1.82) is 0 Å². The van der Waals surface area contributed by atoms with Crippen molar-refractivity contribution in [2.75, 3.05) is 13.2 Å². The van der Waals surface area contributed by atoms with Gasteiger partial charge in [0.1, 0.15) is 17.7 Å². The molecule has 0 unspecified atom stereocenters. The zero-order valence-corrected chi connectivity index (χ0v) is 12.8. The molecule has 0 radical (unpaired) electrons. The van der Waals surface area contributed by atoms with Crippen LogP contribution in [0.15, 0.2) is 24.3 Å². The maximum atomic E-state index is 12.7. The van der Waals surface area contributed by atoms with E-state index in [1.807, 2.05) is 0 Å². The van der Waals surface area contributed by atoms with Crippen molar-refractivity contribution >= 4 is 11.7 Å². The molecule has 3 N–H and O–H groups in total. The van der Waals surface area contributed by atoms with Gasteiger partial charge in [-0.1, -0.05) is 26.0 Å². The molecular formula is C16H22FNO4. The largest absolute Gasteiger partial charge is 0.396 e. The van der Waals surface area contributed by atoms with Crippen LogP contribution in [0.2, 0.25) is 0 Å². The Hall–Kier alpha value is -1.79. The van der Waals surface area contributed by atoms with Crippen LogP contribution in [0.3, 0.4) is 0 Å². The third-order valence-corrected chi connectivity index (χ3v) is 3.41. The van der Waals surface area contributed by atoms with E-state index in [-0.39, 0.29) is 37.6 Å². The number of hydrogen-bond acceptors (Lipinski definition) is 4. The highest BCUT2D eigenvalue weighted by atomic mass is 19.1. The molecule has 0 saturated heterocycles. The van der Waals surface area contributed by atoms with Gasteiger partial charge in [0, 0.05) is 24.8 Å². The van der Waals surface area contributed by atoms with E-state index in [0.717, 1.165) is 0 Å². The van der Waals surface area contributed by atoms with Crippen molar-refractivity contribution in [3.63, 3.8) is 0 Å². The number of rotatable bonds is 8. The number of Topliss-reactive ketones (excluding diaryl/α,β-unsaturated/α-hetero) is 1. The van der Waals surface area contributed by atoms with Gasteiger partial charge in [0.15, 0.2) is 0 Å². The highest BCUT2D eigenvalue weighted by molar-refractivity contribution is 5.83. The van der Waals surface area contributed by atoms with E-state index in [9.17, 15) is 19.1 Å². The number of hydrogen-bond donors (Lipinski definition) is 3. The Bertz CT molecular complexity index is 513. The first-order chi connectivity index (χ1) is 10.3. The molecule has 1 aromatic rings. The molecule has 0 aliphatic carbocycles. The molecule has 1 aromatic carbocycles. The maximum Gasteiger partial charge on any atom is 0.249 e. The molecule has 0 aliphatic rings. The van der Waals surface area contributed by atoms with Crippen LogP contribution in [0.4, 0.5) is 4.39 Å². The molecule has 1 atom stereocenters. The Morgan fingerprint density at radius 3 is 2.41 bits per heavy atom. The van der Waals surface area contributed by atoms with Crippen LogP contribution < -0.4 is 5.32 Å². The van der Waals surface area contributed by atoms with Crippen LogP contribution in [0.5, 0.6) is 0 Å². The van der Waals surface area contributed by atoms with Crippen molar-refractivity contribution in [3.05, 3.63) is 35.6 Å². The number of carbonyl (C=O) groups excluding carboxylic acids is 2. The van der Waals surface area contributed by atoms with E-state index in [1.54, 1.807) is 26.0 Å². The minimum absolute atomic E-state index is 0.0946. The third kappa shape index (κ3) is 5.54. The highest BCUT2D eigenvalue weighted by Crippen LogP contribution is 2.19. The number of aliphatic hydroxyl groups is 2. The SMILES string of the molecule is CC(C)(CO)[C@@H](O)C(=O)NCCC(=O)Cc1ccc(F)cc1. The van der Waals surface area contributed by atoms with Crippen molar-refractivity contribution in [2.45, 2.75) is 32.8 Å². The molecule has 0 aromatic heterocycles. The van der Waals surface area contributed by atoms with Gasteiger partial charge in [0.2, 0.25) is 5.91 Å². The average molecular weight is 311 g/mol. The first-order valence-electron chi connectivity index (χ1n) is 7.09. The van der Waals surface area contributed by atoms with E-state index in [1.165, 1.54) is 12.1 Å². The van der Waals surface area contributed by atoms with Gasteiger partial charge in [0.05, 0.1) is 6.61 Å². The van der Waals surface area contributed by atoms with Crippen molar-refractivity contribution in [2.24, 2.45) is 5.41 Å². The number of carbonyl (C=O) groups is 2. The first kappa shape index (κ1) is 18.3. The fourth-order valence-corrected chi connectivity index (χ4v) is 1.78. The van der Waals surface area contributed by atoms with Crippen molar-refractivity contribution in [1.82, 2.24) is 5.32 Å². The summed E-state index contributed by atoms with van der Waals surface area (Å²) in [6, 6.07) is 5.66. The lowest BCUT2D eigenvalue weighted by Crippen LogP contribution is -2.46. The van der Waals surface area contributed by atoms with E-state index in [2.05, 4.69) is 5.32 Å². The summed E-state index contributed by atoms with van der Waals surface area (Å²) in [6.45, 7) is 2.91. The summed E-state index contributed by atoms with van der Waals surface area (Å²) in [5.41, 5.74) is -0.235. The zero-order chi connectivity index (χ0) is 16.8. The predicted molar refractivity (Wildman–Crippen MR) is 79.6 cm³/mol. The topological polar surface area (TPSA) is 86.6 Å². The van der Waals surface area contributed by atoms with Crippen molar-refractivity contribution in [3.8, 4) is 0 Å². The lowest BCUT2D eigenvalue weighted by molar-refractivity contribution is -0.137. The molecular weight excluding hydrogens is 289 g/mol. The fraction of sp³-hybridized carbons (Fsp3) is 0.500. The molecule has 1 rings (SSSR count). The van der Waals surface area contributed by atoms with E-state index >= 15 is 0 Å². The Morgan fingerprint density at radius 2 is 1.86 bits per heavy atom. The van der Waals surface area contributed by atoms with Crippen LogP contribution in [0.1, 0.15) is 25.8 Å². The second-order valence-corrected chi connectivity index (χ2v) is 5.93. The average Bonchev–Trinajstić information content (AvgIpc) is 2.48. The Kier molecular flexibility index (Phi) is 6.64. The molecule has 0 fully saturated rings. The Balaban J connectivity index is 2.36. The zero-order valence-electron chi connectivity index (χ0n) is 12.8. The van der Waals surface area contributed by atoms with E-state index in [0.29, 0.717) is 5.56 Å². The van der Waals surface area contributed by atoms with Gasteiger partial charge >= 0.3 is 0 Å². The summed E-state index contributed by atoms with van der Waals surface area (Å²) in [4.78, 5) is 23.5. The fourth-order valence-electron chi connectivity index (χ4n) is 1.78. The smallest absolute Gasteiger partial charge is 0.249 e. The standard InChI is InChI=1S/C16H22FNO4/c1-16(2,10-19)14(21)15(22)18-8-7-13(20)9-11-3-5-12(17)6-4-11/h3-6,14,19,21H,7-10H2,1-2H3,(H,18,22)/t14-/m0/s1. The Labute approximate surface area is 129 Å². The minimum Gasteiger partial charge on any atom is -0.396 e. The molecule has 0 spiro atoms. The van der Waals surface area contributed by atoms with E-state index < -0.39 is 17.4 Å². The molecule has 122 valence electrons. The number of halogens is 1. The van der Waals surface area contributed by atoms with E-state index in [4.69, 9.17) is 5.11 Å². The number of nitrogens with one attached hydrogen (secondary N) is 1. The summed E-state index contributed by atoms with van der Waals surface area (Å²) in [5, 5.41) is 21.3. The molecule has 22 heavy (non-hydrogen) atoms. The summed E-state index contributed by atoms with van der Waals surface area (Å²) < 4.78 is 12.7. The molecule has 5 nitrogen and oxygen atoms in total. The highest BCUT2D eigenvalue weighted by Gasteiger charge is 2.32. The molecule has 0 saturated carbocycles. The van der Waals surface area contributed by atoms with Gasteiger partial charge < -0.3 is 15.5 Å². The van der Waals surface area contributed by atoms with Crippen LogP contribution in [0.25, 0.3) is 0 Å². The number of ketones is 1. The van der Waals surface area contributed by atoms with Gasteiger partial charge in [-0.15, -0.1) is 0 Å². The van der Waals surface area contributed by atoms with Gasteiger partial charge in [-0.25, -0.2) is 4.39 Å². The summed E-state index contributed by atoms with van der Waals surface area (Å²) in [7, 11) is 0. The predicted octanol–water partition coefficient (Wildman–Crippen LogP) is 0.823. The summed E-state index contributed by atoms with van der Waals surface area (Å²) in [6.07, 6.45) is -1.05. The number of aliphatic hydroxyl groups excluding tert-OH is 2. The summed E-state index contributed by atoms with van der Waals surface area (Å²) >= 11 is 0. The number of amides is 1. The van der Waals surface area contributed by atoms with Gasteiger partial charge in [-0.3, -0.25) is 9.59 Å². The third-order valence-electron chi connectivity index (χ3n) is 3.41.